The molecule has 0 saturated carbocycles. The molecule has 0 saturated heterocycles. The summed E-state index contributed by atoms with van der Waals surface area (Å²) < 4.78 is 2.00. The molecule has 2 aliphatic rings. The third-order valence-electron chi connectivity index (χ3n) is 3.56. The van der Waals surface area contributed by atoms with Crippen molar-refractivity contribution in [2.24, 2.45) is 0 Å². The first kappa shape index (κ1) is 23.0. The van der Waals surface area contributed by atoms with Crippen LogP contribution in [0.3, 0.4) is 0 Å². The minimum atomic E-state index is 1.01. The van der Waals surface area contributed by atoms with Gasteiger partial charge in [-0.1, -0.05) is 60.7 Å². The van der Waals surface area contributed by atoms with Crippen LogP contribution in [-0.4, -0.2) is 4.31 Å². The Hall–Kier alpha value is -2.02. The van der Waals surface area contributed by atoms with Crippen LogP contribution in [0.2, 0.25) is 0 Å². The monoisotopic (exact) mass is 388 g/mol. The van der Waals surface area contributed by atoms with Crippen molar-refractivity contribution >= 4 is 4.31 Å². The Balaban J connectivity index is 0.000000228. The zero-order valence-electron chi connectivity index (χ0n) is 16.1. The zero-order chi connectivity index (χ0) is 19.4. The van der Waals surface area contributed by atoms with E-state index in [1.165, 1.54) is 11.1 Å². The second-order valence-electron chi connectivity index (χ2n) is 5.77. The van der Waals surface area contributed by atoms with Crippen LogP contribution >= 0.6 is 0 Å². The van der Waals surface area contributed by atoms with Crippen LogP contribution in [-0.2, 0) is 32.8 Å². The fraction of sp³-hybridized carbons (Fsp3) is 0.192. The summed E-state index contributed by atoms with van der Waals surface area (Å²) in [5.41, 5.74) is 2.83. The van der Waals surface area contributed by atoms with Crippen molar-refractivity contribution in [1.29, 1.82) is 0 Å². The van der Waals surface area contributed by atoms with Crippen molar-refractivity contribution in [2.75, 3.05) is 0 Å². The van der Waals surface area contributed by atoms with E-state index in [2.05, 4.69) is 85.0 Å². The standard InChI is InChI=1S/C14H14.2C5H5.C2H4.Ti/c1-3-7-13(8-4-1)11-12-14-9-5-2-6-10-14;2*1-2-4-5-3-1;1-2;/h1-10H,11-12H2;2*1-3H,4H2;1H,2H3;/q;2*-1;;+2. The van der Waals surface area contributed by atoms with Gasteiger partial charge in [0.2, 0.25) is 0 Å². The van der Waals surface area contributed by atoms with Gasteiger partial charge in [0.25, 0.3) is 0 Å². The minimum absolute atomic E-state index is 1.01. The first-order chi connectivity index (χ1) is 13.4. The van der Waals surface area contributed by atoms with Gasteiger partial charge in [-0.15, -0.1) is 12.8 Å². The molecule has 0 nitrogen and oxygen atoms in total. The molecule has 2 aromatic carbocycles. The van der Waals surface area contributed by atoms with Gasteiger partial charge in [0.15, 0.2) is 0 Å². The molecule has 4 rings (SSSR count). The smallest absolute Gasteiger partial charge is 0.0238 e. The van der Waals surface area contributed by atoms with E-state index in [9.17, 15) is 0 Å². The quantitative estimate of drug-likeness (QED) is 0.419. The largest absolute Gasteiger partial charge is 0.273 e. The van der Waals surface area contributed by atoms with Gasteiger partial charge in [-0.3, -0.25) is 12.2 Å². The van der Waals surface area contributed by atoms with Crippen LogP contribution in [0, 0.1) is 12.2 Å². The number of aryl methyl sites for hydroxylation is 2. The first-order valence-electron chi connectivity index (χ1n) is 9.33. The van der Waals surface area contributed by atoms with Crippen molar-refractivity contribution in [1.82, 2.24) is 0 Å². The number of benzene rings is 2. The summed E-state index contributed by atoms with van der Waals surface area (Å²) in [6.45, 7) is 2.00. The van der Waals surface area contributed by atoms with Crippen molar-refractivity contribution in [3.05, 3.63) is 120 Å². The molecule has 2 aliphatic carbocycles. The van der Waals surface area contributed by atoms with Gasteiger partial charge >= 0.3 is 31.2 Å². The van der Waals surface area contributed by atoms with Gasteiger partial charge in [-0.25, -0.2) is 24.3 Å². The molecule has 0 unspecified atom stereocenters. The molecule has 0 radical (unpaired) electrons. The Kier molecular flexibility index (Phi) is 14.8. The second kappa shape index (κ2) is 17.4. The molecule has 136 valence electrons. The van der Waals surface area contributed by atoms with Crippen molar-refractivity contribution in [2.45, 2.75) is 32.6 Å². The van der Waals surface area contributed by atoms with Crippen molar-refractivity contribution < 1.29 is 20.0 Å². The van der Waals surface area contributed by atoms with Crippen LogP contribution in [0.15, 0.2) is 97.1 Å². The molecule has 0 aliphatic heterocycles. The molecule has 1 heteroatoms. The predicted octanol–water partition coefficient (Wildman–Crippen LogP) is 6.44. The SMILES string of the molecule is C[CH]=[Ti+2].[C-]1=CC=CC1.[C-]1=CC=CC1.c1ccc(CCc2ccccc2)cc1. The van der Waals surface area contributed by atoms with Crippen LogP contribution in [0.5, 0.6) is 0 Å². The van der Waals surface area contributed by atoms with Gasteiger partial charge in [-0.05, 0) is 24.0 Å². The van der Waals surface area contributed by atoms with E-state index in [1.807, 2.05) is 55.5 Å². The summed E-state index contributed by atoms with van der Waals surface area (Å²) >= 11 is 2.00. The predicted molar refractivity (Wildman–Crippen MR) is 115 cm³/mol. The Morgan fingerprint density at radius 3 is 1.33 bits per heavy atom. The Bertz CT molecular complexity index is 625. The molecule has 0 bridgehead atoms. The fourth-order valence-electron chi connectivity index (χ4n) is 2.26. The van der Waals surface area contributed by atoms with E-state index in [1.54, 1.807) is 0 Å². The minimum Gasteiger partial charge on any atom is -0.273 e. The van der Waals surface area contributed by atoms with E-state index in [4.69, 9.17) is 0 Å². The average molecular weight is 388 g/mol. The molecule has 0 aromatic heterocycles. The van der Waals surface area contributed by atoms with Crippen LogP contribution in [0.25, 0.3) is 0 Å². The number of allylic oxidation sites excluding steroid dienone is 8. The maximum absolute atomic E-state index is 2.99. The summed E-state index contributed by atoms with van der Waals surface area (Å²) in [5.74, 6) is 0. The summed E-state index contributed by atoms with van der Waals surface area (Å²) in [6.07, 6.45) is 22.3. The average Bonchev–Trinajstić information content (AvgIpc) is 3.48. The van der Waals surface area contributed by atoms with Crippen molar-refractivity contribution in [3.8, 4) is 0 Å². The second-order valence-corrected chi connectivity index (χ2v) is 6.67. The molecular weight excluding hydrogens is 360 g/mol. The van der Waals surface area contributed by atoms with E-state index in [0.29, 0.717) is 0 Å². The summed E-state index contributed by atoms with van der Waals surface area (Å²) in [6, 6.07) is 21.2. The molecule has 0 N–H and O–H groups in total. The fourth-order valence-corrected chi connectivity index (χ4v) is 2.26. The summed E-state index contributed by atoms with van der Waals surface area (Å²) in [7, 11) is 0. The molecule has 2 aromatic rings. The van der Waals surface area contributed by atoms with Crippen LogP contribution in [0.1, 0.15) is 30.9 Å². The number of rotatable bonds is 3. The van der Waals surface area contributed by atoms with Crippen LogP contribution in [0.4, 0.5) is 0 Å². The van der Waals surface area contributed by atoms with E-state index >= 15 is 0 Å². The molecule has 0 amide bonds. The topological polar surface area (TPSA) is 0 Å². The summed E-state index contributed by atoms with van der Waals surface area (Å²) in [4.78, 5) is 0. The van der Waals surface area contributed by atoms with E-state index in [0.717, 1.165) is 25.7 Å². The molecule has 0 fully saturated rings. The Labute approximate surface area is 176 Å². The molecule has 0 heterocycles. The third kappa shape index (κ3) is 13.8. The molecule has 0 spiro atoms. The van der Waals surface area contributed by atoms with Gasteiger partial charge < -0.3 is 0 Å². The normalized spacial score (nSPS) is 12.3. The van der Waals surface area contributed by atoms with Gasteiger partial charge in [0.05, 0.1) is 0 Å². The zero-order valence-corrected chi connectivity index (χ0v) is 17.7. The maximum Gasteiger partial charge on any atom is -0.0238 e. The van der Waals surface area contributed by atoms with Gasteiger partial charge in [-0.2, -0.15) is 12.2 Å². The Morgan fingerprint density at radius 2 is 1.11 bits per heavy atom. The number of hydrogen-bond acceptors (Lipinski definition) is 0. The third-order valence-corrected chi connectivity index (χ3v) is 3.56. The first-order valence-corrected chi connectivity index (χ1v) is 10.2. The maximum atomic E-state index is 2.99. The van der Waals surface area contributed by atoms with Crippen LogP contribution < -0.4 is 0 Å². The number of hydrogen-bond donors (Lipinski definition) is 0. The Morgan fingerprint density at radius 1 is 0.741 bits per heavy atom. The van der Waals surface area contributed by atoms with Gasteiger partial charge in [0, 0.05) is 0 Å². The molecule has 27 heavy (non-hydrogen) atoms. The van der Waals surface area contributed by atoms with Crippen molar-refractivity contribution in [3.63, 3.8) is 0 Å². The van der Waals surface area contributed by atoms with E-state index in [-0.39, 0.29) is 0 Å². The van der Waals surface area contributed by atoms with E-state index < -0.39 is 0 Å². The molecule has 0 atom stereocenters. The summed E-state index contributed by atoms with van der Waals surface area (Å²) in [5, 5.41) is 0. The molecular formula is C26H28Ti. The van der Waals surface area contributed by atoms with Gasteiger partial charge in [0.1, 0.15) is 0 Å².